The van der Waals surface area contributed by atoms with Crippen molar-refractivity contribution >= 4 is 22.5 Å². The number of hydrogen-bond donors (Lipinski definition) is 0. The number of hydrogen-bond acceptors (Lipinski definition) is 3. The van der Waals surface area contributed by atoms with Gasteiger partial charge in [-0.25, -0.2) is 4.98 Å². The minimum Gasteiger partial charge on any atom is -0.491 e. The second-order valence-corrected chi connectivity index (χ2v) is 4.43. The molecule has 0 aliphatic carbocycles. The van der Waals surface area contributed by atoms with Gasteiger partial charge in [-0.1, -0.05) is 0 Å². The molecule has 0 unspecified atom stereocenters. The molecular formula is C12H13ClN2O2. The Balaban J connectivity index is 2.65. The average Bonchev–Trinajstić information content (AvgIpc) is 2.26. The fourth-order valence-electron chi connectivity index (χ4n) is 1.57. The summed E-state index contributed by atoms with van der Waals surface area (Å²) >= 11 is 5.84. The fourth-order valence-corrected chi connectivity index (χ4v) is 1.74. The number of benzene rings is 1. The summed E-state index contributed by atoms with van der Waals surface area (Å²) in [5, 5.41) is 0.690. The maximum Gasteiger partial charge on any atom is 0.262 e. The lowest BCUT2D eigenvalue weighted by Gasteiger charge is -2.10. The lowest BCUT2D eigenvalue weighted by molar-refractivity contribution is 0.242. The largest absolute Gasteiger partial charge is 0.491 e. The van der Waals surface area contributed by atoms with Gasteiger partial charge in [0, 0.05) is 7.05 Å². The molecule has 2 aromatic rings. The van der Waals surface area contributed by atoms with Crippen LogP contribution in [-0.2, 0) is 7.05 Å². The van der Waals surface area contributed by atoms with Gasteiger partial charge in [-0.2, -0.15) is 0 Å². The van der Waals surface area contributed by atoms with E-state index >= 15 is 0 Å². The van der Waals surface area contributed by atoms with E-state index in [-0.39, 0.29) is 16.9 Å². The summed E-state index contributed by atoms with van der Waals surface area (Å²) in [6, 6.07) is 5.21. The van der Waals surface area contributed by atoms with E-state index < -0.39 is 0 Å². The van der Waals surface area contributed by atoms with E-state index in [0.717, 1.165) is 0 Å². The molecule has 0 amide bonds. The van der Waals surface area contributed by atoms with Gasteiger partial charge in [0.15, 0.2) is 0 Å². The molecule has 0 bridgehead atoms. The second-order valence-electron chi connectivity index (χ2n) is 4.09. The van der Waals surface area contributed by atoms with Crippen LogP contribution in [0.1, 0.15) is 13.8 Å². The van der Waals surface area contributed by atoms with Crippen molar-refractivity contribution in [2.45, 2.75) is 20.0 Å². The molecular weight excluding hydrogens is 240 g/mol. The Morgan fingerprint density at radius 1 is 1.41 bits per heavy atom. The van der Waals surface area contributed by atoms with Crippen molar-refractivity contribution < 1.29 is 4.74 Å². The molecule has 0 spiro atoms. The first-order valence-electron chi connectivity index (χ1n) is 5.32. The Labute approximate surface area is 104 Å². The van der Waals surface area contributed by atoms with E-state index in [0.29, 0.717) is 16.7 Å². The van der Waals surface area contributed by atoms with E-state index in [1.165, 1.54) is 4.57 Å². The molecule has 0 fully saturated rings. The molecule has 1 aromatic heterocycles. The predicted molar refractivity (Wildman–Crippen MR) is 67.8 cm³/mol. The molecule has 0 N–H and O–H groups in total. The van der Waals surface area contributed by atoms with E-state index in [4.69, 9.17) is 16.3 Å². The van der Waals surface area contributed by atoms with E-state index in [1.54, 1.807) is 25.2 Å². The van der Waals surface area contributed by atoms with Crippen LogP contribution < -0.4 is 10.3 Å². The third kappa shape index (κ3) is 2.26. The van der Waals surface area contributed by atoms with Crippen molar-refractivity contribution in [1.29, 1.82) is 0 Å². The molecule has 0 aliphatic heterocycles. The minimum atomic E-state index is -0.172. The minimum absolute atomic E-state index is 0.0663. The third-order valence-corrected chi connectivity index (χ3v) is 2.70. The normalized spacial score (nSPS) is 11.1. The van der Waals surface area contributed by atoms with Gasteiger partial charge in [-0.05, 0) is 43.6 Å². The fraction of sp³-hybridized carbons (Fsp3) is 0.333. The molecule has 4 nitrogen and oxygen atoms in total. The molecule has 2 rings (SSSR count). The van der Waals surface area contributed by atoms with Gasteiger partial charge in [0.05, 0.1) is 17.0 Å². The van der Waals surface area contributed by atoms with E-state index in [9.17, 15) is 4.79 Å². The summed E-state index contributed by atoms with van der Waals surface area (Å²) in [4.78, 5) is 16.1. The average molecular weight is 253 g/mol. The molecule has 1 heterocycles. The predicted octanol–water partition coefficient (Wildman–Crippen LogP) is 2.37. The maximum atomic E-state index is 12.0. The molecule has 0 saturated carbocycles. The van der Waals surface area contributed by atoms with E-state index in [2.05, 4.69) is 4.98 Å². The SMILES string of the molecule is CC(C)Oc1ccc2nc(Cl)n(C)c(=O)c2c1. The zero-order valence-electron chi connectivity index (χ0n) is 9.90. The summed E-state index contributed by atoms with van der Waals surface area (Å²) in [6.07, 6.45) is 0.0663. The van der Waals surface area contributed by atoms with E-state index in [1.807, 2.05) is 13.8 Å². The summed E-state index contributed by atoms with van der Waals surface area (Å²) in [7, 11) is 1.59. The van der Waals surface area contributed by atoms with Gasteiger partial charge in [-0.3, -0.25) is 9.36 Å². The Morgan fingerprint density at radius 2 is 2.12 bits per heavy atom. The van der Waals surface area contributed by atoms with Crippen LogP contribution in [0.3, 0.4) is 0 Å². The highest BCUT2D eigenvalue weighted by molar-refractivity contribution is 6.28. The maximum absolute atomic E-state index is 12.0. The lowest BCUT2D eigenvalue weighted by Crippen LogP contribution is -2.18. The quantitative estimate of drug-likeness (QED) is 0.771. The molecule has 90 valence electrons. The first-order chi connectivity index (χ1) is 7.99. The van der Waals surface area contributed by atoms with Crippen molar-refractivity contribution in [2.24, 2.45) is 7.05 Å². The number of ether oxygens (including phenoxy) is 1. The zero-order valence-corrected chi connectivity index (χ0v) is 10.7. The highest BCUT2D eigenvalue weighted by atomic mass is 35.5. The topological polar surface area (TPSA) is 44.1 Å². The molecule has 17 heavy (non-hydrogen) atoms. The Bertz CT molecular complexity index is 620. The van der Waals surface area contributed by atoms with Crippen molar-refractivity contribution in [3.05, 3.63) is 33.8 Å². The van der Waals surface area contributed by atoms with Crippen LogP contribution in [0.25, 0.3) is 10.9 Å². The van der Waals surface area contributed by atoms with Crippen LogP contribution in [0.4, 0.5) is 0 Å². The first kappa shape index (κ1) is 11.9. The molecule has 5 heteroatoms. The molecule has 0 atom stereocenters. The van der Waals surface area contributed by atoms with Crippen LogP contribution in [0, 0.1) is 0 Å². The van der Waals surface area contributed by atoms with Crippen LogP contribution in [0.15, 0.2) is 23.0 Å². The van der Waals surface area contributed by atoms with Crippen LogP contribution in [0.5, 0.6) is 5.75 Å². The lowest BCUT2D eigenvalue weighted by atomic mass is 10.2. The number of aromatic nitrogens is 2. The molecule has 0 saturated heterocycles. The molecule has 0 aliphatic rings. The van der Waals surface area contributed by atoms with Crippen molar-refractivity contribution in [3.8, 4) is 5.75 Å². The summed E-state index contributed by atoms with van der Waals surface area (Å²) in [5.41, 5.74) is 0.406. The van der Waals surface area contributed by atoms with Gasteiger partial charge in [-0.15, -0.1) is 0 Å². The van der Waals surface area contributed by atoms with Gasteiger partial charge in [0.25, 0.3) is 5.56 Å². The Morgan fingerprint density at radius 3 is 2.76 bits per heavy atom. The number of fused-ring (bicyclic) bond motifs is 1. The summed E-state index contributed by atoms with van der Waals surface area (Å²) in [6.45, 7) is 3.87. The molecule has 0 radical (unpaired) electrons. The van der Waals surface area contributed by atoms with Crippen molar-refractivity contribution in [2.75, 3.05) is 0 Å². The highest BCUT2D eigenvalue weighted by Gasteiger charge is 2.08. The monoisotopic (exact) mass is 252 g/mol. The molecule has 1 aromatic carbocycles. The van der Waals surface area contributed by atoms with Crippen molar-refractivity contribution in [3.63, 3.8) is 0 Å². The van der Waals surface area contributed by atoms with Gasteiger partial charge >= 0.3 is 0 Å². The number of nitrogens with zero attached hydrogens (tertiary/aromatic N) is 2. The van der Waals surface area contributed by atoms with Gasteiger partial charge < -0.3 is 4.74 Å². The number of rotatable bonds is 2. The zero-order chi connectivity index (χ0) is 12.6. The first-order valence-corrected chi connectivity index (χ1v) is 5.70. The Kier molecular flexibility index (Phi) is 3.07. The smallest absolute Gasteiger partial charge is 0.262 e. The summed E-state index contributed by atoms with van der Waals surface area (Å²) in [5.74, 6) is 0.661. The van der Waals surface area contributed by atoms with Crippen LogP contribution in [0.2, 0.25) is 5.28 Å². The third-order valence-electron chi connectivity index (χ3n) is 2.36. The van der Waals surface area contributed by atoms with Crippen LogP contribution >= 0.6 is 11.6 Å². The second kappa shape index (κ2) is 4.37. The van der Waals surface area contributed by atoms with Crippen molar-refractivity contribution in [1.82, 2.24) is 9.55 Å². The standard InChI is InChI=1S/C12H13ClN2O2/c1-7(2)17-8-4-5-10-9(6-8)11(16)15(3)12(13)14-10/h4-7H,1-3H3. The van der Waals surface area contributed by atoms with Gasteiger partial charge in [0.2, 0.25) is 5.28 Å². The number of halogens is 1. The van der Waals surface area contributed by atoms with Gasteiger partial charge in [0.1, 0.15) is 5.75 Å². The summed E-state index contributed by atoms with van der Waals surface area (Å²) < 4.78 is 6.85. The highest BCUT2D eigenvalue weighted by Crippen LogP contribution is 2.19. The van der Waals surface area contributed by atoms with Crippen LogP contribution in [-0.4, -0.2) is 15.7 Å². The Hall–Kier alpha value is -1.55.